The van der Waals surface area contributed by atoms with E-state index >= 15 is 0 Å². The predicted octanol–water partition coefficient (Wildman–Crippen LogP) is 4.50. The highest BCUT2D eigenvalue weighted by atomic mass is 19.1. The van der Waals surface area contributed by atoms with Gasteiger partial charge in [-0.1, -0.05) is 25.7 Å². The minimum Gasteiger partial charge on any atom is -0.377 e. The Balaban J connectivity index is 1.72. The maximum atomic E-state index is 13.4. The van der Waals surface area contributed by atoms with Crippen molar-refractivity contribution in [3.05, 3.63) is 34.1 Å². The van der Waals surface area contributed by atoms with Crippen LogP contribution in [0.4, 0.5) is 15.8 Å². The van der Waals surface area contributed by atoms with Crippen LogP contribution in [0.1, 0.15) is 44.9 Å². The summed E-state index contributed by atoms with van der Waals surface area (Å²) in [5, 5.41) is 14.3. The van der Waals surface area contributed by atoms with Crippen molar-refractivity contribution in [1.82, 2.24) is 0 Å². The first-order chi connectivity index (χ1) is 10.1. The van der Waals surface area contributed by atoms with Crippen molar-refractivity contribution in [2.75, 3.05) is 5.32 Å². The molecule has 3 unspecified atom stereocenters. The van der Waals surface area contributed by atoms with Crippen LogP contribution in [0.3, 0.4) is 0 Å². The van der Waals surface area contributed by atoms with Crippen molar-refractivity contribution in [3.8, 4) is 0 Å². The molecule has 5 heteroatoms. The molecule has 114 valence electrons. The molecule has 0 heterocycles. The minimum absolute atomic E-state index is 0.0397. The largest absolute Gasteiger partial charge is 0.377 e. The molecule has 0 radical (unpaired) electrons. The number of nitro benzene ring substituents is 1. The Labute approximate surface area is 123 Å². The third kappa shape index (κ3) is 3.17. The van der Waals surface area contributed by atoms with Crippen LogP contribution in [0.5, 0.6) is 0 Å². The molecule has 1 N–H and O–H groups in total. The Morgan fingerprint density at radius 2 is 1.90 bits per heavy atom. The van der Waals surface area contributed by atoms with Gasteiger partial charge in [0.05, 0.1) is 4.92 Å². The second-order valence-corrected chi connectivity index (χ2v) is 6.38. The second kappa shape index (κ2) is 6.00. The number of halogens is 1. The van der Waals surface area contributed by atoms with Gasteiger partial charge < -0.3 is 5.32 Å². The molecule has 0 saturated heterocycles. The second-order valence-electron chi connectivity index (χ2n) is 6.38. The van der Waals surface area contributed by atoms with Crippen LogP contribution in [0.25, 0.3) is 0 Å². The van der Waals surface area contributed by atoms with E-state index in [9.17, 15) is 14.5 Å². The van der Waals surface area contributed by atoms with Crippen LogP contribution in [-0.2, 0) is 0 Å². The Morgan fingerprint density at radius 3 is 2.67 bits per heavy atom. The molecule has 3 rings (SSSR count). The number of nitrogens with one attached hydrogen (secondary N) is 1. The van der Waals surface area contributed by atoms with Crippen LogP contribution in [0.2, 0.25) is 0 Å². The van der Waals surface area contributed by atoms with E-state index in [0.717, 1.165) is 30.7 Å². The molecule has 2 aliphatic carbocycles. The van der Waals surface area contributed by atoms with Crippen LogP contribution in [-0.4, -0.2) is 11.0 Å². The number of fused-ring (bicyclic) bond motifs is 1. The highest BCUT2D eigenvalue weighted by molar-refractivity contribution is 5.61. The van der Waals surface area contributed by atoms with Gasteiger partial charge in [-0.15, -0.1) is 0 Å². The quantitative estimate of drug-likeness (QED) is 0.659. The fourth-order valence-electron chi connectivity index (χ4n) is 4.01. The molecule has 2 fully saturated rings. The summed E-state index contributed by atoms with van der Waals surface area (Å²) < 4.78 is 13.4. The smallest absolute Gasteiger partial charge is 0.292 e. The lowest BCUT2D eigenvalue weighted by atomic mass is 9.69. The minimum atomic E-state index is -0.450. The first-order valence-electron chi connectivity index (χ1n) is 7.84. The van der Waals surface area contributed by atoms with Crippen molar-refractivity contribution in [2.24, 2.45) is 11.8 Å². The van der Waals surface area contributed by atoms with Gasteiger partial charge in [-0.25, -0.2) is 4.39 Å². The van der Waals surface area contributed by atoms with E-state index in [1.807, 2.05) is 0 Å². The summed E-state index contributed by atoms with van der Waals surface area (Å²) in [6, 6.07) is 3.85. The molecule has 0 aliphatic heterocycles. The molecule has 0 spiro atoms. The summed E-state index contributed by atoms with van der Waals surface area (Å²) in [5.74, 6) is 1.13. The van der Waals surface area contributed by atoms with E-state index in [4.69, 9.17) is 0 Å². The molecule has 0 amide bonds. The molecule has 21 heavy (non-hydrogen) atoms. The monoisotopic (exact) mass is 292 g/mol. The number of rotatable bonds is 3. The normalized spacial score (nSPS) is 28.7. The number of hydrogen-bond donors (Lipinski definition) is 1. The zero-order valence-corrected chi connectivity index (χ0v) is 12.1. The van der Waals surface area contributed by atoms with Crippen molar-refractivity contribution in [3.63, 3.8) is 0 Å². The van der Waals surface area contributed by atoms with Crippen molar-refractivity contribution in [2.45, 2.75) is 51.0 Å². The summed E-state index contributed by atoms with van der Waals surface area (Å²) in [4.78, 5) is 10.6. The van der Waals surface area contributed by atoms with E-state index < -0.39 is 10.7 Å². The molecule has 3 atom stereocenters. The molecule has 0 bridgehead atoms. The zero-order chi connectivity index (χ0) is 14.8. The van der Waals surface area contributed by atoms with Gasteiger partial charge in [0.2, 0.25) is 0 Å². The number of nitro groups is 1. The van der Waals surface area contributed by atoms with Crippen molar-refractivity contribution >= 4 is 11.4 Å². The van der Waals surface area contributed by atoms with Crippen molar-refractivity contribution in [1.29, 1.82) is 0 Å². The Bertz CT molecular complexity index is 535. The van der Waals surface area contributed by atoms with Crippen LogP contribution in [0, 0.1) is 27.8 Å². The number of hydrogen-bond acceptors (Lipinski definition) is 3. The van der Waals surface area contributed by atoms with Gasteiger partial charge in [0.1, 0.15) is 11.5 Å². The first kappa shape index (κ1) is 14.3. The summed E-state index contributed by atoms with van der Waals surface area (Å²) in [7, 11) is 0. The summed E-state index contributed by atoms with van der Waals surface area (Å²) in [5.41, 5.74) is 0.279. The first-order valence-corrected chi connectivity index (χ1v) is 7.84. The molecular formula is C16H21FN2O2. The summed E-state index contributed by atoms with van der Waals surface area (Å²) in [6.45, 7) is 0. The lowest BCUT2D eigenvalue weighted by molar-refractivity contribution is -0.384. The molecule has 2 aliphatic rings. The Morgan fingerprint density at radius 1 is 1.14 bits per heavy atom. The van der Waals surface area contributed by atoms with Gasteiger partial charge in [0.15, 0.2) is 0 Å². The highest BCUT2D eigenvalue weighted by Crippen LogP contribution is 2.41. The fourth-order valence-corrected chi connectivity index (χ4v) is 4.01. The van der Waals surface area contributed by atoms with E-state index in [0.29, 0.717) is 5.69 Å². The topological polar surface area (TPSA) is 55.2 Å². The average Bonchev–Trinajstić information content (AvgIpc) is 2.47. The van der Waals surface area contributed by atoms with Gasteiger partial charge in [-0.3, -0.25) is 10.1 Å². The zero-order valence-electron chi connectivity index (χ0n) is 12.1. The lowest BCUT2D eigenvalue weighted by Crippen LogP contribution is -2.34. The molecule has 0 aromatic heterocycles. The molecule has 1 aromatic rings. The van der Waals surface area contributed by atoms with E-state index in [-0.39, 0.29) is 11.7 Å². The maximum Gasteiger partial charge on any atom is 0.292 e. The molecule has 2 saturated carbocycles. The lowest BCUT2D eigenvalue weighted by Gasteiger charge is -2.39. The van der Waals surface area contributed by atoms with E-state index in [2.05, 4.69) is 5.32 Å². The average molecular weight is 292 g/mol. The Kier molecular flexibility index (Phi) is 4.08. The fraction of sp³-hybridized carbons (Fsp3) is 0.625. The van der Waals surface area contributed by atoms with Gasteiger partial charge in [0.25, 0.3) is 5.69 Å². The number of benzene rings is 1. The summed E-state index contributed by atoms with van der Waals surface area (Å²) in [6.07, 6.45) is 8.51. The third-order valence-corrected chi connectivity index (χ3v) is 5.05. The predicted molar refractivity (Wildman–Crippen MR) is 79.8 cm³/mol. The summed E-state index contributed by atoms with van der Waals surface area (Å²) >= 11 is 0. The van der Waals surface area contributed by atoms with Gasteiger partial charge >= 0.3 is 0 Å². The number of nitrogens with zero attached hydrogens (tertiary/aromatic N) is 1. The van der Waals surface area contributed by atoms with Gasteiger partial charge in [0, 0.05) is 18.2 Å². The maximum absolute atomic E-state index is 13.4. The van der Waals surface area contributed by atoms with E-state index in [1.165, 1.54) is 44.2 Å². The molecule has 1 aromatic carbocycles. The SMILES string of the molecule is O=[N+]([O-])c1ccc(F)cc1NC1CCC2CCCCC2C1. The molecular weight excluding hydrogens is 271 g/mol. The van der Waals surface area contributed by atoms with Crippen LogP contribution in [0.15, 0.2) is 18.2 Å². The van der Waals surface area contributed by atoms with Crippen LogP contribution >= 0.6 is 0 Å². The standard InChI is InChI=1S/C16H21FN2O2/c17-13-6-8-16(19(20)21)15(10-13)18-14-7-5-11-3-1-2-4-12(11)9-14/h6,8,10-12,14,18H,1-5,7,9H2. The molecule has 4 nitrogen and oxygen atoms in total. The van der Waals surface area contributed by atoms with Gasteiger partial charge in [-0.2, -0.15) is 0 Å². The highest BCUT2D eigenvalue weighted by Gasteiger charge is 2.32. The van der Waals surface area contributed by atoms with Crippen LogP contribution < -0.4 is 5.32 Å². The number of anilines is 1. The Hall–Kier alpha value is -1.65. The third-order valence-electron chi connectivity index (χ3n) is 5.05. The van der Waals surface area contributed by atoms with E-state index in [1.54, 1.807) is 0 Å². The van der Waals surface area contributed by atoms with Crippen molar-refractivity contribution < 1.29 is 9.31 Å². The van der Waals surface area contributed by atoms with Gasteiger partial charge in [-0.05, 0) is 37.2 Å².